The molecule has 0 radical (unpaired) electrons. The first-order valence-corrected chi connectivity index (χ1v) is 9.33. The first kappa shape index (κ1) is 18.8. The second-order valence-electron chi connectivity index (χ2n) is 7.19. The van der Waals surface area contributed by atoms with Crippen LogP contribution >= 0.6 is 0 Å². The van der Waals surface area contributed by atoms with Gasteiger partial charge in [0.25, 0.3) is 0 Å². The minimum atomic E-state index is -0.161. The molecule has 1 saturated heterocycles. The quantitative estimate of drug-likeness (QED) is 0.769. The highest BCUT2D eigenvalue weighted by atomic mass is 16.5. The van der Waals surface area contributed by atoms with E-state index in [4.69, 9.17) is 9.47 Å². The molecular weight excluding hydrogens is 336 g/mol. The fraction of sp³-hybridized carbons (Fsp3) is 0.722. The van der Waals surface area contributed by atoms with E-state index in [2.05, 4.69) is 10.4 Å². The van der Waals surface area contributed by atoms with Crippen LogP contribution in [-0.2, 0) is 38.7 Å². The molecule has 2 amide bonds. The van der Waals surface area contributed by atoms with E-state index in [0.717, 1.165) is 30.8 Å². The van der Waals surface area contributed by atoms with Gasteiger partial charge < -0.3 is 19.7 Å². The number of rotatable bonds is 7. The fourth-order valence-corrected chi connectivity index (χ4v) is 3.26. The molecule has 144 valence electrons. The lowest BCUT2D eigenvalue weighted by molar-refractivity contribution is -0.136. The maximum atomic E-state index is 12.1. The topological polar surface area (TPSA) is 85.7 Å². The number of hydrogen-bond donors (Lipinski definition) is 1. The average Bonchev–Trinajstić information content (AvgIpc) is 3.27. The summed E-state index contributed by atoms with van der Waals surface area (Å²) in [6.07, 6.45) is 2.18. The number of fused-ring (bicyclic) bond motifs is 1. The van der Waals surface area contributed by atoms with Crippen molar-refractivity contribution >= 4 is 11.8 Å². The van der Waals surface area contributed by atoms with E-state index < -0.39 is 0 Å². The largest absolute Gasteiger partial charge is 0.376 e. The highest BCUT2D eigenvalue weighted by Gasteiger charge is 2.24. The molecule has 0 saturated carbocycles. The molecule has 1 atom stereocenters. The van der Waals surface area contributed by atoms with E-state index >= 15 is 0 Å². The summed E-state index contributed by atoms with van der Waals surface area (Å²) in [4.78, 5) is 25.9. The molecule has 3 rings (SSSR count). The summed E-state index contributed by atoms with van der Waals surface area (Å²) in [5.74, 6) is -0.000798. The standard InChI is InChI=1S/C18H28N4O4/c1-13(2)18(24)21-5-6-22-15(10-21)8-14(20-22)9-19-17(23)12-25-11-16-4-3-7-26-16/h8,13,16H,3-7,9-12H2,1-2H3,(H,19,23)/t16-/m1/s1. The van der Waals surface area contributed by atoms with Crippen molar-refractivity contribution in [2.24, 2.45) is 5.92 Å². The highest BCUT2D eigenvalue weighted by molar-refractivity contribution is 5.78. The van der Waals surface area contributed by atoms with Crippen LogP contribution in [0, 0.1) is 5.92 Å². The number of nitrogens with zero attached hydrogens (tertiary/aromatic N) is 3. The Morgan fingerprint density at radius 2 is 2.27 bits per heavy atom. The Labute approximate surface area is 153 Å². The predicted octanol–water partition coefficient (Wildman–Crippen LogP) is 0.693. The number of ether oxygens (including phenoxy) is 2. The molecule has 2 aliphatic heterocycles. The van der Waals surface area contributed by atoms with Crippen LogP contribution in [0.5, 0.6) is 0 Å². The fourth-order valence-electron chi connectivity index (χ4n) is 3.26. The zero-order chi connectivity index (χ0) is 18.5. The Kier molecular flexibility index (Phi) is 6.26. The normalized spacial score (nSPS) is 19.7. The third-order valence-corrected chi connectivity index (χ3v) is 4.68. The molecule has 3 heterocycles. The van der Waals surface area contributed by atoms with Crippen LogP contribution in [0.2, 0.25) is 0 Å². The smallest absolute Gasteiger partial charge is 0.246 e. The van der Waals surface area contributed by atoms with Gasteiger partial charge in [0.1, 0.15) is 6.61 Å². The van der Waals surface area contributed by atoms with E-state index in [1.807, 2.05) is 29.5 Å². The van der Waals surface area contributed by atoms with Crippen molar-refractivity contribution in [1.29, 1.82) is 0 Å². The maximum Gasteiger partial charge on any atom is 0.246 e. The Hall–Kier alpha value is -1.93. The molecule has 0 spiro atoms. The predicted molar refractivity (Wildman–Crippen MR) is 94.1 cm³/mol. The Bertz CT molecular complexity index is 637. The minimum Gasteiger partial charge on any atom is -0.376 e. The number of nitrogens with one attached hydrogen (secondary N) is 1. The van der Waals surface area contributed by atoms with Gasteiger partial charge in [0.05, 0.1) is 43.7 Å². The molecule has 1 aromatic rings. The Balaban J connectivity index is 1.42. The van der Waals surface area contributed by atoms with Crippen molar-refractivity contribution < 1.29 is 19.1 Å². The number of carbonyl (C=O) groups is 2. The van der Waals surface area contributed by atoms with Gasteiger partial charge in [-0.15, -0.1) is 0 Å². The molecule has 0 aliphatic carbocycles. The third kappa shape index (κ3) is 4.82. The summed E-state index contributed by atoms with van der Waals surface area (Å²) in [5.41, 5.74) is 1.80. The summed E-state index contributed by atoms with van der Waals surface area (Å²) >= 11 is 0. The molecule has 2 aliphatic rings. The number of aromatic nitrogens is 2. The van der Waals surface area contributed by atoms with Gasteiger partial charge in [0.15, 0.2) is 0 Å². The van der Waals surface area contributed by atoms with Gasteiger partial charge in [-0.3, -0.25) is 14.3 Å². The molecule has 26 heavy (non-hydrogen) atoms. The van der Waals surface area contributed by atoms with Crippen molar-refractivity contribution in [1.82, 2.24) is 20.0 Å². The van der Waals surface area contributed by atoms with Crippen LogP contribution in [0.3, 0.4) is 0 Å². The Morgan fingerprint density at radius 3 is 3.00 bits per heavy atom. The molecule has 0 aromatic carbocycles. The highest BCUT2D eigenvalue weighted by Crippen LogP contribution is 2.16. The second kappa shape index (κ2) is 8.64. The van der Waals surface area contributed by atoms with Gasteiger partial charge in [0, 0.05) is 19.1 Å². The SMILES string of the molecule is CC(C)C(=O)N1CCn2nc(CNC(=O)COC[C@H]3CCCO3)cc2C1. The second-order valence-corrected chi connectivity index (χ2v) is 7.19. The molecular formula is C18H28N4O4. The lowest BCUT2D eigenvalue weighted by Gasteiger charge is -2.29. The van der Waals surface area contributed by atoms with Gasteiger partial charge in [-0.2, -0.15) is 5.10 Å². The lowest BCUT2D eigenvalue weighted by atomic mass is 10.1. The first-order chi connectivity index (χ1) is 12.5. The number of carbonyl (C=O) groups excluding carboxylic acids is 2. The van der Waals surface area contributed by atoms with Gasteiger partial charge in [-0.1, -0.05) is 13.8 Å². The third-order valence-electron chi connectivity index (χ3n) is 4.68. The van der Waals surface area contributed by atoms with Gasteiger partial charge >= 0.3 is 0 Å². The summed E-state index contributed by atoms with van der Waals surface area (Å²) in [6, 6.07) is 1.95. The molecule has 0 unspecified atom stereocenters. The van der Waals surface area contributed by atoms with Gasteiger partial charge in [-0.25, -0.2) is 0 Å². The lowest BCUT2D eigenvalue weighted by Crippen LogP contribution is -2.40. The van der Waals surface area contributed by atoms with E-state index in [0.29, 0.717) is 32.8 Å². The van der Waals surface area contributed by atoms with E-state index in [9.17, 15) is 9.59 Å². The van der Waals surface area contributed by atoms with Crippen LogP contribution in [0.25, 0.3) is 0 Å². The van der Waals surface area contributed by atoms with Crippen molar-refractivity contribution in [3.63, 3.8) is 0 Å². The van der Waals surface area contributed by atoms with Crippen molar-refractivity contribution in [3.8, 4) is 0 Å². The van der Waals surface area contributed by atoms with Crippen LogP contribution in [0.1, 0.15) is 38.1 Å². The van der Waals surface area contributed by atoms with Crippen molar-refractivity contribution in [2.45, 2.75) is 52.4 Å². The molecule has 1 aromatic heterocycles. The van der Waals surface area contributed by atoms with Crippen LogP contribution in [-0.4, -0.2) is 59.0 Å². The molecule has 1 fully saturated rings. The maximum absolute atomic E-state index is 12.1. The monoisotopic (exact) mass is 364 g/mol. The average molecular weight is 364 g/mol. The summed E-state index contributed by atoms with van der Waals surface area (Å²) in [6.45, 7) is 7.40. The zero-order valence-electron chi connectivity index (χ0n) is 15.6. The first-order valence-electron chi connectivity index (χ1n) is 9.33. The van der Waals surface area contributed by atoms with Crippen LogP contribution in [0.15, 0.2) is 6.07 Å². The zero-order valence-corrected chi connectivity index (χ0v) is 15.6. The van der Waals surface area contributed by atoms with Gasteiger partial charge in [-0.05, 0) is 18.9 Å². The van der Waals surface area contributed by atoms with Crippen LogP contribution < -0.4 is 5.32 Å². The van der Waals surface area contributed by atoms with E-state index in [-0.39, 0.29) is 30.4 Å². The summed E-state index contributed by atoms with van der Waals surface area (Å²) < 4.78 is 12.8. The molecule has 8 nitrogen and oxygen atoms in total. The van der Waals surface area contributed by atoms with E-state index in [1.54, 1.807) is 0 Å². The molecule has 8 heteroatoms. The van der Waals surface area contributed by atoms with Crippen molar-refractivity contribution in [3.05, 3.63) is 17.5 Å². The van der Waals surface area contributed by atoms with Crippen molar-refractivity contribution in [2.75, 3.05) is 26.4 Å². The summed E-state index contributed by atoms with van der Waals surface area (Å²) in [7, 11) is 0. The summed E-state index contributed by atoms with van der Waals surface area (Å²) in [5, 5.41) is 7.33. The number of amides is 2. The van der Waals surface area contributed by atoms with Crippen LogP contribution in [0.4, 0.5) is 0 Å². The van der Waals surface area contributed by atoms with E-state index in [1.165, 1.54) is 0 Å². The minimum absolute atomic E-state index is 0.00198. The Morgan fingerprint density at radius 1 is 1.42 bits per heavy atom. The molecule has 0 bridgehead atoms. The molecule has 1 N–H and O–H groups in total. The number of hydrogen-bond acceptors (Lipinski definition) is 5. The van der Waals surface area contributed by atoms with Gasteiger partial charge in [0.2, 0.25) is 11.8 Å².